The molecule has 0 bridgehead atoms. The van der Waals surface area contributed by atoms with E-state index in [9.17, 15) is 9.59 Å². The molecule has 0 saturated heterocycles. The van der Waals surface area contributed by atoms with E-state index in [0.29, 0.717) is 18.8 Å². The fraction of sp³-hybridized carbons (Fsp3) is 0.227. The third kappa shape index (κ3) is 6.29. The van der Waals surface area contributed by atoms with Gasteiger partial charge in [-0.3, -0.25) is 19.8 Å². The molecule has 0 saturated carbocycles. The number of hydrogen-bond donors (Lipinski definition) is 2. The Kier molecular flexibility index (Phi) is 6.76. The number of nitrogens with one attached hydrogen (secondary N) is 1. The largest absolute Gasteiger partial charge is 0.370 e. The monoisotopic (exact) mass is 392 g/mol. The number of aryl methyl sites for hydroxylation is 1. The molecule has 2 aromatic carbocycles. The maximum Gasteiger partial charge on any atom is 0.240 e. The highest BCUT2D eigenvalue weighted by Gasteiger charge is 2.15. The Morgan fingerprint density at radius 2 is 1.83 bits per heavy atom. The van der Waals surface area contributed by atoms with E-state index in [1.54, 1.807) is 6.07 Å². The predicted octanol–water partition coefficient (Wildman–Crippen LogP) is 2.97. The molecular weight excluding hydrogens is 368 g/mol. The van der Waals surface area contributed by atoms with Crippen molar-refractivity contribution in [1.82, 2.24) is 10.1 Å². The molecule has 0 unspecified atom stereocenters. The first-order valence-corrected chi connectivity index (χ1v) is 9.38. The summed E-state index contributed by atoms with van der Waals surface area (Å²) in [5, 5.41) is 6.73. The predicted molar refractivity (Wildman–Crippen MR) is 111 cm³/mol. The summed E-state index contributed by atoms with van der Waals surface area (Å²) >= 11 is 0. The minimum absolute atomic E-state index is 0.0999. The van der Waals surface area contributed by atoms with Gasteiger partial charge in [-0.2, -0.15) is 0 Å². The topological polar surface area (TPSA) is 101 Å². The van der Waals surface area contributed by atoms with Gasteiger partial charge < -0.3 is 10.3 Å². The van der Waals surface area contributed by atoms with Crippen LogP contribution in [-0.2, 0) is 16.1 Å². The first kappa shape index (κ1) is 20.3. The van der Waals surface area contributed by atoms with Gasteiger partial charge in [-0.25, -0.2) is 0 Å². The summed E-state index contributed by atoms with van der Waals surface area (Å²) in [6.07, 6.45) is 0.181. The molecule has 1 aromatic heterocycles. The minimum atomic E-state index is -0.401. The lowest BCUT2D eigenvalue weighted by molar-refractivity contribution is -0.120. The zero-order valence-corrected chi connectivity index (χ0v) is 16.3. The van der Waals surface area contributed by atoms with Crippen LogP contribution in [0.1, 0.15) is 17.5 Å². The quantitative estimate of drug-likeness (QED) is 0.583. The van der Waals surface area contributed by atoms with Gasteiger partial charge in [-0.15, -0.1) is 0 Å². The molecule has 1 heterocycles. The minimum Gasteiger partial charge on any atom is -0.370 e. The second-order valence-corrected chi connectivity index (χ2v) is 6.90. The van der Waals surface area contributed by atoms with Gasteiger partial charge in [-0.1, -0.05) is 65.3 Å². The standard InChI is InChI=1S/C22H24N4O3/c1-16-7-9-18(10-8-16)19-13-22(29-25-19)24-21(28)15-26(12-11-20(23)27)14-17-5-3-2-4-6-17/h2-10,13H,11-12,14-15H2,1H3,(H2,23,27)(H,24,28). The van der Waals surface area contributed by atoms with Gasteiger partial charge in [0.1, 0.15) is 5.69 Å². The Morgan fingerprint density at radius 1 is 1.10 bits per heavy atom. The highest BCUT2D eigenvalue weighted by Crippen LogP contribution is 2.22. The summed E-state index contributed by atoms with van der Waals surface area (Å²) in [4.78, 5) is 25.5. The molecule has 3 rings (SSSR count). The van der Waals surface area contributed by atoms with Crippen molar-refractivity contribution in [2.75, 3.05) is 18.4 Å². The first-order chi connectivity index (χ1) is 14.0. The highest BCUT2D eigenvalue weighted by atomic mass is 16.5. The summed E-state index contributed by atoms with van der Waals surface area (Å²) < 4.78 is 5.24. The number of amides is 2. The smallest absolute Gasteiger partial charge is 0.240 e. The molecule has 29 heavy (non-hydrogen) atoms. The molecule has 0 aliphatic heterocycles. The molecular formula is C22H24N4O3. The number of aromatic nitrogens is 1. The van der Waals surface area contributed by atoms with Gasteiger partial charge >= 0.3 is 0 Å². The summed E-state index contributed by atoms with van der Waals surface area (Å²) in [5.74, 6) is -0.376. The van der Waals surface area contributed by atoms with Crippen LogP contribution in [-0.4, -0.2) is 35.0 Å². The van der Waals surface area contributed by atoms with Crippen LogP contribution in [0.3, 0.4) is 0 Å². The molecule has 3 aromatic rings. The molecule has 3 N–H and O–H groups in total. The number of nitrogens with zero attached hydrogens (tertiary/aromatic N) is 2. The molecule has 0 spiro atoms. The van der Waals surface area contributed by atoms with Gasteiger partial charge in [0.2, 0.25) is 17.7 Å². The number of carbonyl (C=O) groups excluding carboxylic acids is 2. The number of rotatable bonds is 9. The molecule has 2 amide bonds. The maximum absolute atomic E-state index is 12.5. The van der Waals surface area contributed by atoms with E-state index in [0.717, 1.165) is 16.7 Å². The Labute approximate surface area is 169 Å². The molecule has 0 aliphatic carbocycles. The Balaban J connectivity index is 1.61. The molecule has 7 heteroatoms. The zero-order valence-electron chi connectivity index (χ0n) is 16.3. The molecule has 0 radical (unpaired) electrons. The SMILES string of the molecule is Cc1ccc(-c2cc(NC(=O)CN(CCC(N)=O)Cc3ccccc3)on2)cc1. The third-order valence-electron chi connectivity index (χ3n) is 4.41. The number of anilines is 1. The second-order valence-electron chi connectivity index (χ2n) is 6.90. The molecule has 0 aliphatic rings. The Morgan fingerprint density at radius 3 is 2.52 bits per heavy atom. The number of nitrogens with two attached hydrogens (primary N) is 1. The van der Waals surface area contributed by atoms with Crippen molar-refractivity contribution in [2.45, 2.75) is 19.9 Å². The van der Waals surface area contributed by atoms with Crippen LogP contribution >= 0.6 is 0 Å². The second kappa shape index (κ2) is 9.66. The van der Waals surface area contributed by atoms with Crippen LogP contribution in [0, 0.1) is 6.92 Å². The van der Waals surface area contributed by atoms with Crippen molar-refractivity contribution in [1.29, 1.82) is 0 Å². The molecule has 0 atom stereocenters. The fourth-order valence-electron chi connectivity index (χ4n) is 2.90. The van der Waals surface area contributed by atoms with Crippen LogP contribution in [0.4, 0.5) is 5.88 Å². The lowest BCUT2D eigenvalue weighted by atomic mass is 10.1. The number of benzene rings is 2. The normalized spacial score (nSPS) is 10.8. The van der Waals surface area contributed by atoms with E-state index >= 15 is 0 Å². The first-order valence-electron chi connectivity index (χ1n) is 9.38. The lowest BCUT2D eigenvalue weighted by Gasteiger charge is -2.21. The summed E-state index contributed by atoms with van der Waals surface area (Å²) in [5.41, 5.74) is 9.02. The van der Waals surface area contributed by atoms with Gasteiger partial charge in [0.05, 0.1) is 6.54 Å². The lowest BCUT2D eigenvalue weighted by Crippen LogP contribution is -2.35. The van der Waals surface area contributed by atoms with E-state index in [1.807, 2.05) is 66.4 Å². The summed E-state index contributed by atoms with van der Waals surface area (Å²) in [7, 11) is 0. The number of carbonyl (C=O) groups is 2. The molecule has 150 valence electrons. The van der Waals surface area contributed by atoms with E-state index in [1.165, 1.54) is 0 Å². The third-order valence-corrected chi connectivity index (χ3v) is 4.41. The van der Waals surface area contributed by atoms with E-state index in [-0.39, 0.29) is 24.8 Å². The van der Waals surface area contributed by atoms with Crippen LogP contribution < -0.4 is 11.1 Å². The van der Waals surface area contributed by atoms with E-state index in [4.69, 9.17) is 10.3 Å². The van der Waals surface area contributed by atoms with Crippen LogP contribution in [0.5, 0.6) is 0 Å². The van der Waals surface area contributed by atoms with E-state index in [2.05, 4.69) is 10.5 Å². The van der Waals surface area contributed by atoms with Gasteiger partial charge in [0.15, 0.2) is 0 Å². The van der Waals surface area contributed by atoms with Gasteiger partial charge in [-0.05, 0) is 12.5 Å². The van der Waals surface area contributed by atoms with Crippen molar-refractivity contribution < 1.29 is 14.1 Å². The van der Waals surface area contributed by atoms with Crippen molar-refractivity contribution in [3.05, 3.63) is 71.8 Å². The Hall–Kier alpha value is -3.45. The average Bonchev–Trinajstić information content (AvgIpc) is 3.15. The maximum atomic E-state index is 12.5. The van der Waals surface area contributed by atoms with Crippen LogP contribution in [0.2, 0.25) is 0 Å². The molecule has 0 fully saturated rings. The Bertz CT molecular complexity index is 952. The summed E-state index contributed by atoms with van der Waals surface area (Å²) in [6.45, 7) is 3.04. The van der Waals surface area contributed by atoms with Crippen molar-refractivity contribution in [2.24, 2.45) is 5.73 Å². The van der Waals surface area contributed by atoms with E-state index < -0.39 is 5.91 Å². The van der Waals surface area contributed by atoms with Crippen molar-refractivity contribution in [3.8, 4) is 11.3 Å². The fourth-order valence-corrected chi connectivity index (χ4v) is 2.90. The van der Waals surface area contributed by atoms with Gasteiger partial charge in [0.25, 0.3) is 0 Å². The van der Waals surface area contributed by atoms with Crippen LogP contribution in [0.15, 0.2) is 65.2 Å². The zero-order chi connectivity index (χ0) is 20.6. The summed E-state index contributed by atoms with van der Waals surface area (Å²) in [6, 6.07) is 19.3. The van der Waals surface area contributed by atoms with Crippen molar-refractivity contribution in [3.63, 3.8) is 0 Å². The van der Waals surface area contributed by atoms with Gasteiger partial charge in [0, 0.05) is 31.1 Å². The van der Waals surface area contributed by atoms with Crippen molar-refractivity contribution >= 4 is 17.7 Å². The number of primary amides is 1. The number of hydrogen-bond acceptors (Lipinski definition) is 5. The highest BCUT2D eigenvalue weighted by molar-refractivity contribution is 5.91. The average molecular weight is 392 g/mol. The van der Waals surface area contributed by atoms with Crippen LogP contribution in [0.25, 0.3) is 11.3 Å². The molecule has 7 nitrogen and oxygen atoms in total.